The van der Waals surface area contributed by atoms with Gasteiger partial charge in [-0.3, -0.25) is 4.79 Å². The van der Waals surface area contributed by atoms with Gasteiger partial charge in [-0.15, -0.1) is 0 Å². The molecule has 5 nitrogen and oxygen atoms in total. The van der Waals surface area contributed by atoms with Crippen molar-refractivity contribution in [2.45, 2.75) is 39.2 Å². The molecule has 0 atom stereocenters. The zero-order valence-electron chi connectivity index (χ0n) is 14.7. The first-order valence-corrected chi connectivity index (χ1v) is 8.97. The number of pyridine rings is 1. The van der Waals surface area contributed by atoms with Crippen LogP contribution < -0.4 is 10.2 Å². The van der Waals surface area contributed by atoms with Crippen molar-refractivity contribution in [2.24, 2.45) is 0 Å². The Bertz CT molecular complexity index is 739. The van der Waals surface area contributed by atoms with Crippen LogP contribution in [0.25, 0.3) is 0 Å². The Kier molecular flexibility index (Phi) is 5.53. The number of aryl methyl sites for hydroxylation is 1. The van der Waals surface area contributed by atoms with Crippen molar-refractivity contribution >= 4 is 11.7 Å². The first-order valence-electron chi connectivity index (χ1n) is 8.97. The second kappa shape index (κ2) is 8.01. The first-order chi connectivity index (χ1) is 12.2. The van der Waals surface area contributed by atoms with Gasteiger partial charge < -0.3 is 15.3 Å². The van der Waals surface area contributed by atoms with Gasteiger partial charge in [0.2, 0.25) is 0 Å². The molecular formula is C20H25N3O2. The number of phenolic OH excluding ortho intramolecular Hbond substituents is 1. The minimum absolute atomic E-state index is 0.0124. The summed E-state index contributed by atoms with van der Waals surface area (Å²) in [4.78, 5) is 19.2. The number of carbonyl (C=O) groups excluding carboxylic acids is 1. The molecule has 132 valence electrons. The van der Waals surface area contributed by atoms with E-state index in [9.17, 15) is 9.90 Å². The highest BCUT2D eigenvalue weighted by Crippen LogP contribution is 2.20. The Labute approximate surface area is 148 Å². The molecule has 0 bridgehead atoms. The molecule has 0 aliphatic carbocycles. The fourth-order valence-corrected chi connectivity index (χ4v) is 3.13. The maximum Gasteiger partial charge on any atom is 0.255 e. The van der Waals surface area contributed by atoms with Gasteiger partial charge in [-0.2, -0.15) is 0 Å². The number of aromatic hydroxyl groups is 1. The molecule has 2 heterocycles. The van der Waals surface area contributed by atoms with Crippen LogP contribution >= 0.6 is 0 Å². The number of piperidine rings is 1. The number of anilines is 1. The summed E-state index contributed by atoms with van der Waals surface area (Å²) in [6.45, 7) is 4.52. The van der Waals surface area contributed by atoms with Gasteiger partial charge >= 0.3 is 0 Å². The Balaban J connectivity index is 1.66. The second-order valence-electron chi connectivity index (χ2n) is 6.46. The van der Waals surface area contributed by atoms with Crippen molar-refractivity contribution in [3.05, 3.63) is 53.2 Å². The average Bonchev–Trinajstić information content (AvgIpc) is 2.67. The molecule has 0 spiro atoms. The predicted molar refractivity (Wildman–Crippen MR) is 99.0 cm³/mol. The van der Waals surface area contributed by atoms with Gasteiger partial charge in [-0.25, -0.2) is 4.98 Å². The number of phenols is 1. The maximum atomic E-state index is 12.4. The first kappa shape index (κ1) is 17.3. The molecular weight excluding hydrogens is 314 g/mol. The third kappa shape index (κ3) is 4.29. The van der Waals surface area contributed by atoms with E-state index in [4.69, 9.17) is 0 Å². The Morgan fingerprint density at radius 3 is 2.72 bits per heavy atom. The zero-order valence-corrected chi connectivity index (χ0v) is 14.7. The van der Waals surface area contributed by atoms with Gasteiger partial charge in [0.05, 0.1) is 5.56 Å². The molecule has 1 saturated heterocycles. The smallest absolute Gasteiger partial charge is 0.255 e. The van der Waals surface area contributed by atoms with Crippen molar-refractivity contribution < 1.29 is 9.90 Å². The lowest BCUT2D eigenvalue weighted by atomic mass is 10.1. The van der Waals surface area contributed by atoms with E-state index in [0.29, 0.717) is 12.1 Å². The van der Waals surface area contributed by atoms with Crippen LogP contribution in [0.4, 0.5) is 5.82 Å². The number of nitrogens with one attached hydrogen (secondary N) is 1. The quantitative estimate of drug-likeness (QED) is 0.877. The number of hydrogen-bond donors (Lipinski definition) is 2. The number of aromatic nitrogens is 1. The average molecular weight is 339 g/mol. The molecule has 25 heavy (non-hydrogen) atoms. The third-order valence-electron chi connectivity index (χ3n) is 4.66. The van der Waals surface area contributed by atoms with Crippen LogP contribution in [-0.2, 0) is 13.0 Å². The van der Waals surface area contributed by atoms with Gasteiger partial charge in [0.25, 0.3) is 5.91 Å². The van der Waals surface area contributed by atoms with E-state index in [0.717, 1.165) is 36.5 Å². The minimum atomic E-state index is -0.260. The topological polar surface area (TPSA) is 65.5 Å². The van der Waals surface area contributed by atoms with E-state index in [-0.39, 0.29) is 11.7 Å². The molecule has 1 fully saturated rings. The molecule has 1 aliphatic heterocycles. The van der Waals surface area contributed by atoms with Gasteiger partial charge in [0, 0.05) is 25.8 Å². The molecule has 1 aromatic heterocycles. The third-order valence-corrected chi connectivity index (χ3v) is 4.66. The Morgan fingerprint density at radius 2 is 1.96 bits per heavy atom. The molecule has 0 saturated carbocycles. The van der Waals surface area contributed by atoms with Crippen LogP contribution in [0, 0.1) is 0 Å². The number of nitrogens with zero attached hydrogens (tertiary/aromatic N) is 2. The summed E-state index contributed by atoms with van der Waals surface area (Å²) in [5, 5.41) is 12.8. The highest BCUT2D eigenvalue weighted by molar-refractivity contribution is 5.96. The SMILES string of the molecule is CCc1ccc(O)c(C(=O)NCc2ccnc(N3CCCCC3)c2)c1. The normalized spacial score (nSPS) is 14.4. The fourth-order valence-electron chi connectivity index (χ4n) is 3.13. The van der Waals surface area contributed by atoms with Gasteiger partial charge in [-0.05, 0) is 61.1 Å². The van der Waals surface area contributed by atoms with Crippen molar-refractivity contribution in [2.75, 3.05) is 18.0 Å². The van der Waals surface area contributed by atoms with E-state index < -0.39 is 0 Å². The molecule has 5 heteroatoms. The standard InChI is InChI=1S/C20H25N3O2/c1-2-15-6-7-18(24)17(12-15)20(25)22-14-16-8-9-21-19(13-16)23-10-4-3-5-11-23/h6-9,12-13,24H,2-5,10-11,14H2,1H3,(H,22,25). The molecule has 2 aromatic rings. The number of amides is 1. The lowest BCUT2D eigenvalue weighted by molar-refractivity contribution is 0.0948. The molecule has 3 rings (SSSR count). The summed E-state index contributed by atoms with van der Waals surface area (Å²) >= 11 is 0. The molecule has 1 amide bonds. The summed E-state index contributed by atoms with van der Waals surface area (Å²) in [7, 11) is 0. The van der Waals surface area contributed by atoms with Crippen LogP contribution in [0.2, 0.25) is 0 Å². The van der Waals surface area contributed by atoms with Crippen molar-refractivity contribution in [1.29, 1.82) is 0 Å². The van der Waals surface area contributed by atoms with E-state index in [2.05, 4.69) is 15.2 Å². The monoisotopic (exact) mass is 339 g/mol. The molecule has 1 aromatic carbocycles. The van der Waals surface area contributed by atoms with E-state index >= 15 is 0 Å². The lowest BCUT2D eigenvalue weighted by Gasteiger charge is -2.27. The van der Waals surface area contributed by atoms with Crippen LogP contribution in [-0.4, -0.2) is 29.1 Å². The Hall–Kier alpha value is -2.56. The number of hydrogen-bond acceptors (Lipinski definition) is 4. The van der Waals surface area contributed by atoms with Crippen molar-refractivity contribution in [3.63, 3.8) is 0 Å². The highest BCUT2D eigenvalue weighted by atomic mass is 16.3. The maximum absolute atomic E-state index is 12.4. The second-order valence-corrected chi connectivity index (χ2v) is 6.46. The van der Waals surface area contributed by atoms with Crippen LogP contribution in [0.5, 0.6) is 5.75 Å². The molecule has 0 radical (unpaired) electrons. The summed E-state index contributed by atoms with van der Waals surface area (Å²) < 4.78 is 0. The van der Waals surface area contributed by atoms with E-state index in [1.807, 2.05) is 25.1 Å². The van der Waals surface area contributed by atoms with E-state index in [1.165, 1.54) is 19.3 Å². The van der Waals surface area contributed by atoms with Crippen molar-refractivity contribution in [3.8, 4) is 5.75 Å². The summed E-state index contributed by atoms with van der Waals surface area (Å²) in [5.41, 5.74) is 2.36. The van der Waals surface area contributed by atoms with Crippen LogP contribution in [0.15, 0.2) is 36.5 Å². The van der Waals surface area contributed by atoms with Crippen LogP contribution in [0.1, 0.15) is 47.7 Å². The number of rotatable bonds is 5. The largest absolute Gasteiger partial charge is 0.507 e. The van der Waals surface area contributed by atoms with E-state index in [1.54, 1.807) is 18.3 Å². The summed E-state index contributed by atoms with van der Waals surface area (Å²) in [6.07, 6.45) is 6.31. The predicted octanol–water partition coefficient (Wildman–Crippen LogP) is 3.27. The Morgan fingerprint density at radius 1 is 1.16 bits per heavy atom. The number of carbonyl (C=O) groups is 1. The fraction of sp³-hybridized carbons (Fsp3) is 0.400. The van der Waals surface area contributed by atoms with Crippen molar-refractivity contribution in [1.82, 2.24) is 10.3 Å². The zero-order chi connectivity index (χ0) is 17.6. The molecule has 2 N–H and O–H groups in total. The molecule has 1 aliphatic rings. The van der Waals surface area contributed by atoms with Gasteiger partial charge in [0.1, 0.15) is 11.6 Å². The number of benzene rings is 1. The van der Waals surface area contributed by atoms with Crippen LogP contribution in [0.3, 0.4) is 0 Å². The summed E-state index contributed by atoms with van der Waals surface area (Å²) in [5.74, 6) is 0.727. The lowest BCUT2D eigenvalue weighted by Crippen LogP contribution is -2.30. The van der Waals surface area contributed by atoms with Gasteiger partial charge in [0.15, 0.2) is 0 Å². The highest BCUT2D eigenvalue weighted by Gasteiger charge is 2.14. The molecule has 0 unspecified atom stereocenters. The van der Waals surface area contributed by atoms with Gasteiger partial charge in [-0.1, -0.05) is 13.0 Å². The minimum Gasteiger partial charge on any atom is -0.507 e. The summed E-state index contributed by atoms with van der Waals surface area (Å²) in [6, 6.07) is 9.11.